The largest absolute Gasteiger partial charge is 0.372 e. The van der Waals surface area contributed by atoms with Crippen molar-refractivity contribution in [2.24, 2.45) is 0 Å². The lowest BCUT2D eigenvalue weighted by Crippen LogP contribution is -2.49. The van der Waals surface area contributed by atoms with Crippen LogP contribution in [0.2, 0.25) is 0 Å². The first-order chi connectivity index (χ1) is 14.1. The van der Waals surface area contributed by atoms with Gasteiger partial charge in [-0.2, -0.15) is 0 Å². The molecule has 2 fully saturated rings. The maximum absolute atomic E-state index is 13.2. The number of pyridine rings is 1. The number of urea groups is 1. The van der Waals surface area contributed by atoms with Crippen molar-refractivity contribution in [2.45, 2.75) is 38.5 Å². The average molecular weight is 395 g/mol. The van der Waals surface area contributed by atoms with E-state index in [2.05, 4.69) is 51.1 Å². The highest BCUT2D eigenvalue weighted by atomic mass is 16.5. The van der Waals surface area contributed by atoms with Gasteiger partial charge in [-0.3, -0.25) is 15.2 Å². The van der Waals surface area contributed by atoms with Gasteiger partial charge in [-0.25, -0.2) is 14.8 Å². The summed E-state index contributed by atoms with van der Waals surface area (Å²) in [6.07, 6.45) is 5.91. The molecule has 9 heteroatoms. The summed E-state index contributed by atoms with van der Waals surface area (Å²) >= 11 is 0. The van der Waals surface area contributed by atoms with Crippen molar-refractivity contribution in [1.82, 2.24) is 15.0 Å². The Morgan fingerprint density at radius 3 is 2.72 bits per heavy atom. The molecule has 2 aromatic rings. The normalized spacial score (nSPS) is 25.7. The van der Waals surface area contributed by atoms with Gasteiger partial charge >= 0.3 is 6.03 Å². The van der Waals surface area contributed by atoms with Crippen LogP contribution in [0.3, 0.4) is 0 Å². The van der Waals surface area contributed by atoms with Gasteiger partial charge in [0.05, 0.1) is 30.1 Å². The minimum Gasteiger partial charge on any atom is -0.372 e. The summed E-state index contributed by atoms with van der Waals surface area (Å²) in [4.78, 5) is 32.7. The fourth-order valence-electron chi connectivity index (χ4n) is 4.54. The highest BCUT2D eigenvalue weighted by molar-refractivity contribution is 6.04. The minimum absolute atomic E-state index is 0.101. The monoisotopic (exact) mass is 395 g/mol. The lowest BCUT2D eigenvalue weighted by atomic mass is 10.1. The fourth-order valence-corrected chi connectivity index (χ4v) is 4.54. The maximum Gasteiger partial charge on any atom is 0.329 e. The van der Waals surface area contributed by atoms with Gasteiger partial charge in [0, 0.05) is 38.6 Å². The first-order valence-corrected chi connectivity index (χ1v) is 10.1. The molecule has 2 saturated heterocycles. The maximum atomic E-state index is 13.2. The molecule has 2 bridgehead atoms. The van der Waals surface area contributed by atoms with Gasteiger partial charge in [-0.15, -0.1) is 0 Å². The Balaban J connectivity index is 1.47. The van der Waals surface area contributed by atoms with Crippen LogP contribution in [-0.4, -0.2) is 65.4 Å². The summed E-state index contributed by atoms with van der Waals surface area (Å²) in [5, 5.41) is 2.87. The molecule has 0 radical (unpaired) electrons. The summed E-state index contributed by atoms with van der Waals surface area (Å²) in [6, 6.07) is 4.03. The number of aromatic nitrogens is 3. The molecule has 3 atom stereocenters. The number of carbonyl (C=O) groups excluding carboxylic acids is 1. The molecule has 0 aromatic carbocycles. The topological polar surface area (TPSA) is 86.7 Å². The second-order valence-electron chi connectivity index (χ2n) is 7.95. The van der Waals surface area contributed by atoms with Crippen molar-refractivity contribution in [3.05, 3.63) is 30.7 Å². The number of ether oxygens (including phenoxy) is 1. The van der Waals surface area contributed by atoms with Crippen molar-refractivity contribution in [3.63, 3.8) is 0 Å². The third-order valence-electron chi connectivity index (χ3n) is 5.70. The lowest BCUT2D eigenvalue weighted by molar-refractivity contribution is -0.00545. The second-order valence-corrected chi connectivity index (χ2v) is 7.95. The van der Waals surface area contributed by atoms with E-state index in [1.807, 2.05) is 0 Å². The van der Waals surface area contributed by atoms with Gasteiger partial charge in [-0.05, 0) is 32.4 Å². The average Bonchev–Trinajstić information content (AvgIpc) is 3.12. The molecule has 0 spiro atoms. The Hall–Kier alpha value is -2.94. The molecule has 0 aliphatic carbocycles. The number of amides is 2. The van der Waals surface area contributed by atoms with Crippen LogP contribution in [0.15, 0.2) is 30.7 Å². The molecule has 5 rings (SSSR count). The standard InChI is InChI=1S/C20H25N7O2/c1-13-10-26(11-14(2)29-13)18-4-3-16-19(24-18)27(15-5-8-25(16)12-15)20(28)23-17-9-21-6-7-22-17/h3-4,6-7,9,13-15H,5,8,10-12H2,1-2H3,(H,22,23,28)/t13-,14-,15+/m0/s1. The van der Waals surface area contributed by atoms with Crippen LogP contribution in [0.1, 0.15) is 20.3 Å². The van der Waals surface area contributed by atoms with E-state index in [0.29, 0.717) is 11.6 Å². The number of rotatable bonds is 2. The van der Waals surface area contributed by atoms with Gasteiger partial charge in [0.1, 0.15) is 5.82 Å². The number of hydrogen-bond acceptors (Lipinski definition) is 7. The van der Waals surface area contributed by atoms with Gasteiger partial charge in [0.15, 0.2) is 11.6 Å². The van der Waals surface area contributed by atoms with Crippen LogP contribution in [0.4, 0.5) is 27.9 Å². The first kappa shape index (κ1) is 18.1. The zero-order valence-electron chi connectivity index (χ0n) is 16.7. The van der Waals surface area contributed by atoms with E-state index < -0.39 is 0 Å². The lowest BCUT2D eigenvalue weighted by Gasteiger charge is -2.39. The van der Waals surface area contributed by atoms with Crippen molar-refractivity contribution >= 4 is 29.2 Å². The summed E-state index contributed by atoms with van der Waals surface area (Å²) in [5.74, 6) is 2.03. The number of anilines is 4. The Kier molecular flexibility index (Phi) is 4.46. The molecule has 1 N–H and O–H groups in total. The highest BCUT2D eigenvalue weighted by Gasteiger charge is 2.40. The Labute approximate surface area is 169 Å². The van der Waals surface area contributed by atoms with Crippen LogP contribution in [0.25, 0.3) is 0 Å². The van der Waals surface area contributed by atoms with E-state index in [-0.39, 0.29) is 24.3 Å². The van der Waals surface area contributed by atoms with E-state index in [9.17, 15) is 4.79 Å². The Morgan fingerprint density at radius 1 is 1.14 bits per heavy atom. The predicted molar refractivity (Wildman–Crippen MR) is 111 cm³/mol. The van der Waals surface area contributed by atoms with Crippen LogP contribution in [-0.2, 0) is 4.74 Å². The number of fused-ring (bicyclic) bond motifs is 4. The molecule has 0 unspecified atom stereocenters. The predicted octanol–water partition coefficient (Wildman–Crippen LogP) is 2.12. The number of carbonyl (C=O) groups is 1. The van der Waals surface area contributed by atoms with E-state index >= 15 is 0 Å². The molecule has 9 nitrogen and oxygen atoms in total. The SMILES string of the molecule is C[C@H]1CN(c2ccc3c(n2)N(C(=O)Nc2cnccn2)[C@@H]2CCN3C2)C[C@H](C)O1. The molecule has 3 aliphatic heterocycles. The van der Waals surface area contributed by atoms with E-state index in [0.717, 1.165) is 44.1 Å². The van der Waals surface area contributed by atoms with Crippen LogP contribution >= 0.6 is 0 Å². The molecule has 2 amide bonds. The number of nitrogens with zero attached hydrogens (tertiary/aromatic N) is 6. The van der Waals surface area contributed by atoms with E-state index in [1.54, 1.807) is 23.5 Å². The van der Waals surface area contributed by atoms with Gasteiger partial charge < -0.3 is 14.5 Å². The van der Waals surface area contributed by atoms with Crippen LogP contribution in [0.5, 0.6) is 0 Å². The fraction of sp³-hybridized carbons (Fsp3) is 0.500. The third-order valence-corrected chi connectivity index (χ3v) is 5.70. The summed E-state index contributed by atoms with van der Waals surface area (Å²) in [7, 11) is 0. The highest BCUT2D eigenvalue weighted by Crippen LogP contribution is 2.40. The Bertz CT molecular complexity index is 899. The number of nitrogens with one attached hydrogen (secondary N) is 1. The molecular formula is C20H25N7O2. The summed E-state index contributed by atoms with van der Waals surface area (Å²) in [6.45, 7) is 7.48. The Morgan fingerprint density at radius 2 is 1.97 bits per heavy atom. The van der Waals surface area contributed by atoms with Gasteiger partial charge in [0.25, 0.3) is 0 Å². The van der Waals surface area contributed by atoms with E-state index in [1.165, 1.54) is 0 Å². The molecule has 29 heavy (non-hydrogen) atoms. The zero-order valence-corrected chi connectivity index (χ0v) is 16.7. The molecule has 3 aliphatic rings. The summed E-state index contributed by atoms with van der Waals surface area (Å²) < 4.78 is 5.86. The van der Waals surface area contributed by atoms with Crippen LogP contribution < -0.4 is 20.0 Å². The van der Waals surface area contributed by atoms with E-state index in [4.69, 9.17) is 9.72 Å². The molecular weight excluding hydrogens is 370 g/mol. The molecule has 0 saturated carbocycles. The molecule has 152 valence electrons. The second kappa shape index (κ2) is 7.14. The first-order valence-electron chi connectivity index (χ1n) is 10.1. The summed E-state index contributed by atoms with van der Waals surface area (Å²) in [5.41, 5.74) is 1.01. The van der Waals surface area contributed by atoms with Crippen molar-refractivity contribution < 1.29 is 9.53 Å². The number of morpholine rings is 1. The number of hydrogen-bond donors (Lipinski definition) is 1. The van der Waals surface area contributed by atoms with Crippen LogP contribution in [0, 0.1) is 0 Å². The quantitative estimate of drug-likeness (QED) is 0.833. The van der Waals surface area contributed by atoms with Crippen molar-refractivity contribution in [2.75, 3.05) is 46.2 Å². The minimum atomic E-state index is -0.216. The molecule has 2 aromatic heterocycles. The zero-order chi connectivity index (χ0) is 20.0. The van der Waals surface area contributed by atoms with Gasteiger partial charge in [0.2, 0.25) is 0 Å². The van der Waals surface area contributed by atoms with Crippen molar-refractivity contribution in [1.29, 1.82) is 0 Å². The smallest absolute Gasteiger partial charge is 0.329 e. The molecule has 5 heterocycles. The van der Waals surface area contributed by atoms with Gasteiger partial charge in [-0.1, -0.05) is 0 Å². The third kappa shape index (κ3) is 3.35. The van der Waals surface area contributed by atoms with Crippen molar-refractivity contribution in [3.8, 4) is 0 Å².